The van der Waals surface area contributed by atoms with Gasteiger partial charge in [0.25, 0.3) is 0 Å². The lowest BCUT2D eigenvalue weighted by atomic mass is 10.2. The van der Waals surface area contributed by atoms with E-state index in [-0.39, 0.29) is 25.7 Å². The van der Waals surface area contributed by atoms with Gasteiger partial charge in [-0.3, -0.25) is 4.79 Å². The Bertz CT molecular complexity index is 504. The van der Waals surface area contributed by atoms with Gasteiger partial charge in [0, 0.05) is 13.5 Å². The molecule has 0 unspecified atom stereocenters. The van der Waals surface area contributed by atoms with E-state index in [1.54, 1.807) is 6.92 Å². The summed E-state index contributed by atoms with van der Waals surface area (Å²) in [5.74, 6) is -0.943. The van der Waals surface area contributed by atoms with E-state index in [9.17, 15) is 14.4 Å². The molecular weight excluding hydrogens is 288 g/mol. The summed E-state index contributed by atoms with van der Waals surface area (Å²) in [6.07, 6.45) is -0.757. The van der Waals surface area contributed by atoms with Crippen LogP contribution in [0.2, 0.25) is 0 Å². The lowest BCUT2D eigenvalue weighted by molar-refractivity contribution is -0.145. The second kappa shape index (κ2) is 9.38. The average Bonchev–Trinajstić information content (AvgIpc) is 2.50. The Morgan fingerprint density at radius 1 is 1.14 bits per heavy atom. The molecule has 0 heterocycles. The van der Waals surface area contributed by atoms with Gasteiger partial charge in [-0.05, 0) is 12.5 Å². The van der Waals surface area contributed by atoms with Crippen molar-refractivity contribution in [2.75, 3.05) is 13.2 Å². The molecule has 7 heteroatoms. The van der Waals surface area contributed by atoms with Crippen LogP contribution in [0.15, 0.2) is 30.3 Å². The monoisotopic (exact) mass is 308 g/mol. The maximum atomic E-state index is 11.7. The first-order valence-corrected chi connectivity index (χ1v) is 6.91. The van der Waals surface area contributed by atoms with Crippen LogP contribution < -0.4 is 10.6 Å². The van der Waals surface area contributed by atoms with Gasteiger partial charge in [-0.15, -0.1) is 0 Å². The molecule has 1 atom stereocenters. The van der Waals surface area contributed by atoms with Gasteiger partial charge in [0.15, 0.2) is 0 Å². The van der Waals surface area contributed by atoms with Crippen molar-refractivity contribution >= 4 is 18.0 Å². The van der Waals surface area contributed by atoms with Crippen molar-refractivity contribution in [1.82, 2.24) is 10.6 Å². The van der Waals surface area contributed by atoms with Crippen LogP contribution >= 0.6 is 0 Å². The molecule has 1 rings (SSSR count). The second-order valence-electron chi connectivity index (χ2n) is 4.45. The molecular formula is C15H20N2O5. The van der Waals surface area contributed by atoms with E-state index < -0.39 is 18.1 Å². The van der Waals surface area contributed by atoms with E-state index in [0.29, 0.717) is 0 Å². The third kappa shape index (κ3) is 6.74. The number of benzene rings is 1. The van der Waals surface area contributed by atoms with E-state index in [1.165, 1.54) is 6.92 Å². The minimum atomic E-state index is -0.993. The van der Waals surface area contributed by atoms with E-state index >= 15 is 0 Å². The Kier molecular flexibility index (Phi) is 7.45. The molecule has 0 saturated carbocycles. The summed E-state index contributed by atoms with van der Waals surface area (Å²) in [6, 6.07) is 8.14. The maximum absolute atomic E-state index is 11.7. The van der Waals surface area contributed by atoms with Crippen molar-refractivity contribution in [2.24, 2.45) is 0 Å². The Morgan fingerprint density at radius 2 is 1.82 bits per heavy atom. The molecule has 1 aromatic carbocycles. The van der Waals surface area contributed by atoms with Crippen LogP contribution in [-0.2, 0) is 25.7 Å². The zero-order valence-electron chi connectivity index (χ0n) is 12.6. The van der Waals surface area contributed by atoms with Crippen LogP contribution in [0.4, 0.5) is 4.79 Å². The van der Waals surface area contributed by atoms with Crippen molar-refractivity contribution in [3.8, 4) is 0 Å². The molecule has 7 nitrogen and oxygen atoms in total. The van der Waals surface area contributed by atoms with Crippen LogP contribution in [-0.4, -0.2) is 37.2 Å². The Morgan fingerprint density at radius 3 is 2.41 bits per heavy atom. The quantitative estimate of drug-likeness (QED) is 0.732. The standard InChI is InChI=1S/C15H20N2O5/c1-3-21-14(19)13(9-16-11(2)18)17-15(20)22-10-12-7-5-4-6-8-12/h4-8,13H,3,9-10H2,1-2H3,(H,16,18)(H,17,20)/t13-/m1/s1. The van der Waals surface area contributed by atoms with Gasteiger partial charge in [-0.2, -0.15) is 0 Å². The smallest absolute Gasteiger partial charge is 0.408 e. The molecule has 0 aliphatic carbocycles. The number of carbonyl (C=O) groups excluding carboxylic acids is 3. The summed E-state index contributed by atoms with van der Waals surface area (Å²) in [6.45, 7) is 3.17. The Hall–Kier alpha value is -2.57. The Balaban J connectivity index is 2.50. The first-order valence-electron chi connectivity index (χ1n) is 6.91. The summed E-state index contributed by atoms with van der Waals surface area (Å²) < 4.78 is 9.86. The number of amides is 2. The molecule has 0 aromatic heterocycles. The fraction of sp³-hybridized carbons (Fsp3) is 0.400. The predicted octanol–water partition coefficient (Wildman–Crippen LogP) is 0.981. The van der Waals surface area contributed by atoms with Crippen LogP contribution in [0.25, 0.3) is 0 Å². The molecule has 0 bridgehead atoms. The number of ether oxygens (including phenoxy) is 2. The highest BCUT2D eigenvalue weighted by Gasteiger charge is 2.23. The summed E-state index contributed by atoms with van der Waals surface area (Å²) in [4.78, 5) is 34.4. The molecule has 0 fully saturated rings. The minimum absolute atomic E-state index is 0.0609. The van der Waals surface area contributed by atoms with Gasteiger partial charge in [0.2, 0.25) is 5.91 Å². The fourth-order valence-electron chi connectivity index (χ4n) is 1.59. The molecule has 1 aromatic rings. The lowest BCUT2D eigenvalue weighted by Gasteiger charge is -2.17. The average molecular weight is 308 g/mol. The van der Waals surface area contributed by atoms with Crippen LogP contribution in [0.5, 0.6) is 0 Å². The van der Waals surface area contributed by atoms with E-state index in [2.05, 4.69) is 10.6 Å². The second-order valence-corrected chi connectivity index (χ2v) is 4.45. The number of esters is 1. The normalized spacial score (nSPS) is 11.2. The van der Waals surface area contributed by atoms with E-state index in [1.807, 2.05) is 30.3 Å². The van der Waals surface area contributed by atoms with Crippen molar-refractivity contribution in [3.05, 3.63) is 35.9 Å². The molecule has 22 heavy (non-hydrogen) atoms. The summed E-state index contributed by atoms with van der Waals surface area (Å²) in [5, 5.41) is 4.83. The number of nitrogens with one attached hydrogen (secondary N) is 2. The third-order valence-electron chi connectivity index (χ3n) is 2.63. The van der Waals surface area contributed by atoms with Gasteiger partial charge >= 0.3 is 12.1 Å². The highest BCUT2D eigenvalue weighted by Crippen LogP contribution is 2.01. The maximum Gasteiger partial charge on any atom is 0.408 e. The van der Waals surface area contributed by atoms with Crippen molar-refractivity contribution in [3.63, 3.8) is 0 Å². The number of hydrogen-bond acceptors (Lipinski definition) is 5. The number of rotatable bonds is 7. The van der Waals surface area contributed by atoms with Crippen LogP contribution in [0.3, 0.4) is 0 Å². The first kappa shape index (κ1) is 17.5. The van der Waals surface area contributed by atoms with Gasteiger partial charge in [0.05, 0.1) is 6.61 Å². The van der Waals surface area contributed by atoms with Crippen LogP contribution in [0.1, 0.15) is 19.4 Å². The molecule has 0 aliphatic heterocycles. The summed E-state index contributed by atoms with van der Waals surface area (Å²) in [7, 11) is 0. The van der Waals surface area contributed by atoms with Crippen molar-refractivity contribution in [1.29, 1.82) is 0 Å². The minimum Gasteiger partial charge on any atom is -0.464 e. The van der Waals surface area contributed by atoms with Gasteiger partial charge < -0.3 is 20.1 Å². The molecule has 120 valence electrons. The highest BCUT2D eigenvalue weighted by molar-refractivity contribution is 5.82. The largest absolute Gasteiger partial charge is 0.464 e. The molecule has 0 spiro atoms. The molecule has 0 saturated heterocycles. The number of alkyl carbamates (subject to hydrolysis) is 1. The van der Waals surface area contributed by atoms with Gasteiger partial charge in [-0.25, -0.2) is 9.59 Å². The fourth-order valence-corrected chi connectivity index (χ4v) is 1.59. The van der Waals surface area contributed by atoms with Crippen molar-refractivity contribution in [2.45, 2.75) is 26.5 Å². The summed E-state index contributed by atoms with van der Waals surface area (Å²) in [5.41, 5.74) is 0.826. The molecule has 0 aliphatic rings. The SMILES string of the molecule is CCOC(=O)[C@@H](CNC(C)=O)NC(=O)OCc1ccccc1. The topological polar surface area (TPSA) is 93.7 Å². The predicted molar refractivity (Wildman–Crippen MR) is 78.9 cm³/mol. The first-order chi connectivity index (χ1) is 10.5. The van der Waals surface area contributed by atoms with Crippen LogP contribution in [0, 0.1) is 0 Å². The highest BCUT2D eigenvalue weighted by atomic mass is 16.6. The summed E-state index contributed by atoms with van der Waals surface area (Å²) >= 11 is 0. The van der Waals surface area contributed by atoms with E-state index in [0.717, 1.165) is 5.56 Å². The van der Waals surface area contributed by atoms with Crippen molar-refractivity contribution < 1.29 is 23.9 Å². The molecule has 2 N–H and O–H groups in total. The molecule has 2 amide bonds. The molecule has 0 radical (unpaired) electrons. The Labute approximate surface area is 129 Å². The third-order valence-corrected chi connectivity index (χ3v) is 2.63. The van der Waals surface area contributed by atoms with E-state index in [4.69, 9.17) is 9.47 Å². The van der Waals surface area contributed by atoms with Gasteiger partial charge in [0.1, 0.15) is 12.6 Å². The number of hydrogen-bond donors (Lipinski definition) is 2. The lowest BCUT2D eigenvalue weighted by Crippen LogP contribution is -2.49. The zero-order valence-corrected chi connectivity index (χ0v) is 12.6. The zero-order chi connectivity index (χ0) is 16.4. The number of carbonyl (C=O) groups is 3. The van der Waals surface area contributed by atoms with Gasteiger partial charge in [-0.1, -0.05) is 30.3 Å².